The third-order valence-electron chi connectivity index (χ3n) is 1.15. The van der Waals surface area contributed by atoms with E-state index in [0.717, 1.165) is 6.42 Å². The van der Waals surface area contributed by atoms with E-state index in [2.05, 4.69) is 9.78 Å². The molecule has 1 rings (SSSR count). The summed E-state index contributed by atoms with van der Waals surface area (Å²) in [4.78, 5) is 19.1. The fourth-order valence-electron chi connectivity index (χ4n) is 0.671. The van der Waals surface area contributed by atoms with Gasteiger partial charge in [0.15, 0.2) is 6.10 Å². The smallest absolute Gasteiger partial charge is 1.00 e. The van der Waals surface area contributed by atoms with Gasteiger partial charge < -0.3 is 6.53 Å². The minimum Gasteiger partial charge on any atom is -1.00 e. The van der Waals surface area contributed by atoms with E-state index < -0.39 is 12.1 Å². The maximum Gasteiger partial charge on any atom is 1.00 e. The molecule has 1 saturated heterocycles. The summed E-state index contributed by atoms with van der Waals surface area (Å²) in [5.74, 6) is -0.949. The summed E-state index contributed by atoms with van der Waals surface area (Å²) in [6.07, 6.45) is 0.561. The average molecular weight is 156 g/mol. The van der Waals surface area contributed by atoms with Gasteiger partial charge in [0.25, 0.3) is 0 Å². The van der Waals surface area contributed by atoms with Crippen molar-refractivity contribution in [1.82, 2.24) is 0 Å². The van der Waals surface area contributed by atoms with Gasteiger partial charge in [-0.15, -0.1) is 0 Å². The average Bonchev–Trinajstić information content (AvgIpc) is 1.90. The summed E-state index contributed by atoms with van der Waals surface area (Å²) in [6.45, 7) is 0.504. The Kier molecular flexibility index (Phi) is 5.29. The van der Waals surface area contributed by atoms with Gasteiger partial charge in [-0.3, -0.25) is 0 Å². The van der Waals surface area contributed by atoms with E-state index in [0.29, 0.717) is 13.0 Å². The summed E-state index contributed by atoms with van der Waals surface area (Å²) in [5, 5.41) is 8.33. The molecular weight excluding hydrogens is 147 g/mol. The van der Waals surface area contributed by atoms with Crippen LogP contribution in [0.3, 0.4) is 0 Å². The van der Waals surface area contributed by atoms with Crippen LogP contribution in [0.2, 0.25) is 0 Å². The van der Waals surface area contributed by atoms with Crippen molar-refractivity contribution in [1.29, 1.82) is 0 Å². The maximum atomic E-state index is 10.1. The fourth-order valence-corrected chi connectivity index (χ4v) is 0.671. The molecule has 1 atom stereocenters. The zero-order valence-electron chi connectivity index (χ0n) is 6.87. The van der Waals surface area contributed by atoms with Crippen LogP contribution in [0.15, 0.2) is 0 Å². The first-order valence-corrected chi connectivity index (χ1v) is 2.82. The van der Waals surface area contributed by atoms with E-state index >= 15 is 0 Å². The number of rotatable bonds is 1. The Balaban J connectivity index is 0. The molecule has 10 heavy (non-hydrogen) atoms. The Hall–Kier alpha value is 0.390. The van der Waals surface area contributed by atoms with Gasteiger partial charge in [0.2, 0.25) is 0 Å². The van der Waals surface area contributed by atoms with Crippen molar-refractivity contribution in [3.8, 4) is 0 Å². The van der Waals surface area contributed by atoms with Crippen LogP contribution in [0.4, 0.5) is 0 Å². The Bertz CT molecular complexity index is 115. The first-order valence-electron chi connectivity index (χ1n) is 2.82. The van der Waals surface area contributed by atoms with E-state index in [1.807, 2.05) is 0 Å². The SMILES string of the molecule is O=C(O)C1CCCOO1.[H-].[Na+]. The largest absolute Gasteiger partial charge is 1.00 e. The van der Waals surface area contributed by atoms with Gasteiger partial charge in [-0.2, -0.15) is 0 Å². The van der Waals surface area contributed by atoms with Crippen molar-refractivity contribution in [3.63, 3.8) is 0 Å². The molecule has 1 aliphatic heterocycles. The van der Waals surface area contributed by atoms with E-state index in [4.69, 9.17) is 5.11 Å². The molecule has 0 amide bonds. The monoisotopic (exact) mass is 156 g/mol. The number of hydrogen-bond acceptors (Lipinski definition) is 3. The molecule has 54 valence electrons. The van der Waals surface area contributed by atoms with E-state index in [-0.39, 0.29) is 31.0 Å². The van der Waals surface area contributed by atoms with Crippen molar-refractivity contribution in [3.05, 3.63) is 0 Å². The zero-order valence-corrected chi connectivity index (χ0v) is 7.87. The molecule has 0 radical (unpaired) electrons. The Morgan fingerprint density at radius 3 is 2.70 bits per heavy atom. The number of hydrogen-bond donors (Lipinski definition) is 1. The topological polar surface area (TPSA) is 55.8 Å². The molecule has 0 saturated carbocycles. The number of aliphatic carboxylic acids is 1. The van der Waals surface area contributed by atoms with Crippen LogP contribution >= 0.6 is 0 Å². The Morgan fingerprint density at radius 1 is 1.70 bits per heavy atom. The zero-order chi connectivity index (χ0) is 6.69. The molecule has 0 bridgehead atoms. The van der Waals surface area contributed by atoms with Gasteiger partial charge in [0, 0.05) is 0 Å². The van der Waals surface area contributed by atoms with Crippen LogP contribution in [0, 0.1) is 0 Å². The molecule has 1 unspecified atom stereocenters. The number of carboxylic acid groups (broad SMARTS) is 1. The minimum absolute atomic E-state index is 0. The van der Waals surface area contributed by atoms with Crippen LogP contribution in [0.25, 0.3) is 0 Å². The second kappa shape index (κ2) is 5.09. The van der Waals surface area contributed by atoms with Crippen LogP contribution in [0.1, 0.15) is 14.3 Å². The molecular formula is C5H9NaO4. The van der Waals surface area contributed by atoms with Crippen LogP contribution in [-0.2, 0) is 14.6 Å². The van der Waals surface area contributed by atoms with E-state index in [1.54, 1.807) is 0 Å². The quantitative estimate of drug-likeness (QED) is 0.331. The van der Waals surface area contributed by atoms with Crippen molar-refractivity contribution in [2.75, 3.05) is 6.61 Å². The molecule has 1 heterocycles. The van der Waals surface area contributed by atoms with Gasteiger partial charge in [0.05, 0.1) is 6.61 Å². The predicted octanol–water partition coefficient (Wildman–Crippen LogP) is -2.70. The number of carbonyl (C=O) groups is 1. The molecule has 0 aliphatic carbocycles. The van der Waals surface area contributed by atoms with Crippen molar-refractivity contribution < 1.29 is 50.7 Å². The maximum absolute atomic E-state index is 10.1. The molecule has 0 spiro atoms. The molecule has 1 N–H and O–H groups in total. The van der Waals surface area contributed by atoms with Crippen LogP contribution in [-0.4, -0.2) is 23.8 Å². The molecule has 1 aliphatic rings. The molecule has 5 heteroatoms. The first kappa shape index (κ1) is 10.4. The molecule has 4 nitrogen and oxygen atoms in total. The summed E-state index contributed by atoms with van der Waals surface area (Å²) < 4.78 is 0. The first-order chi connectivity index (χ1) is 4.30. The third-order valence-corrected chi connectivity index (χ3v) is 1.15. The fraction of sp³-hybridized carbons (Fsp3) is 0.800. The van der Waals surface area contributed by atoms with Gasteiger partial charge in [-0.1, -0.05) is 0 Å². The normalized spacial score (nSPS) is 25.0. The van der Waals surface area contributed by atoms with Crippen molar-refractivity contribution >= 4 is 5.97 Å². The summed E-state index contributed by atoms with van der Waals surface area (Å²) in [5.41, 5.74) is 0. The summed E-state index contributed by atoms with van der Waals surface area (Å²) in [7, 11) is 0. The molecule has 1 fully saturated rings. The van der Waals surface area contributed by atoms with E-state index in [1.165, 1.54) is 0 Å². The van der Waals surface area contributed by atoms with Crippen molar-refractivity contribution in [2.45, 2.75) is 18.9 Å². The van der Waals surface area contributed by atoms with Crippen molar-refractivity contribution in [2.24, 2.45) is 0 Å². The number of carboxylic acids is 1. The third kappa shape index (κ3) is 2.98. The van der Waals surface area contributed by atoms with Gasteiger partial charge in [-0.05, 0) is 12.8 Å². The van der Waals surface area contributed by atoms with Crippen LogP contribution in [0.5, 0.6) is 0 Å². The Labute approximate surface area is 82.2 Å². The van der Waals surface area contributed by atoms with E-state index in [9.17, 15) is 4.79 Å². The van der Waals surface area contributed by atoms with Gasteiger partial charge in [-0.25, -0.2) is 14.6 Å². The summed E-state index contributed by atoms with van der Waals surface area (Å²) >= 11 is 0. The van der Waals surface area contributed by atoms with Gasteiger partial charge in [0.1, 0.15) is 0 Å². The van der Waals surface area contributed by atoms with Crippen LogP contribution < -0.4 is 29.6 Å². The second-order valence-electron chi connectivity index (χ2n) is 1.89. The molecule has 0 aromatic carbocycles. The molecule has 0 aromatic rings. The summed E-state index contributed by atoms with van der Waals surface area (Å²) in [6, 6.07) is 0. The second-order valence-corrected chi connectivity index (χ2v) is 1.89. The molecule has 0 aromatic heterocycles. The minimum atomic E-state index is -0.949. The Morgan fingerprint density at radius 2 is 2.40 bits per heavy atom. The van der Waals surface area contributed by atoms with Gasteiger partial charge >= 0.3 is 35.5 Å². The standard InChI is InChI=1S/C5H8O4.Na.H/c6-5(7)4-2-1-3-8-9-4;;/h4H,1-3H2,(H,6,7);;/q;+1;-1. The predicted molar refractivity (Wildman–Crippen MR) is 28.8 cm³/mol.